The van der Waals surface area contributed by atoms with E-state index in [1.807, 2.05) is 24.3 Å². The Morgan fingerprint density at radius 2 is 2.04 bits per heavy atom. The number of ether oxygens (including phenoxy) is 4. The van der Waals surface area contributed by atoms with Gasteiger partial charge < -0.3 is 24.3 Å². The Labute approximate surface area is 167 Å². The van der Waals surface area contributed by atoms with Crippen molar-refractivity contribution in [1.29, 1.82) is 0 Å². The number of hydrogen-bond donors (Lipinski definition) is 1. The third-order valence-corrected chi connectivity index (χ3v) is 4.84. The molecule has 2 aromatic rings. The molecule has 148 valence electrons. The summed E-state index contributed by atoms with van der Waals surface area (Å²) >= 11 is 6.25. The molecule has 0 spiro atoms. The molecule has 0 saturated carbocycles. The highest BCUT2D eigenvalue weighted by Gasteiger charge is 2.22. The zero-order valence-electron chi connectivity index (χ0n) is 15.2. The summed E-state index contributed by atoms with van der Waals surface area (Å²) < 4.78 is 22.6. The number of pyridine rings is 1. The summed E-state index contributed by atoms with van der Waals surface area (Å²) in [5.41, 5.74) is 0.362. The Kier molecular flexibility index (Phi) is 5.83. The van der Waals surface area contributed by atoms with Crippen LogP contribution in [0.15, 0.2) is 36.5 Å². The molecule has 1 fully saturated rings. The normalized spacial score (nSPS) is 19.1. The molecule has 2 aliphatic rings. The lowest BCUT2D eigenvalue weighted by molar-refractivity contribution is 0.0238. The van der Waals surface area contributed by atoms with Crippen molar-refractivity contribution in [2.24, 2.45) is 0 Å². The van der Waals surface area contributed by atoms with Gasteiger partial charge in [0.15, 0.2) is 11.5 Å². The topological polar surface area (TPSA) is 78.9 Å². The van der Waals surface area contributed by atoms with E-state index < -0.39 is 0 Å². The number of nitrogens with one attached hydrogen (secondary N) is 1. The van der Waals surface area contributed by atoms with E-state index in [-0.39, 0.29) is 18.1 Å². The van der Waals surface area contributed by atoms with Gasteiger partial charge in [-0.3, -0.25) is 4.79 Å². The van der Waals surface area contributed by atoms with Crippen molar-refractivity contribution < 1.29 is 23.7 Å². The maximum atomic E-state index is 12.4. The molecular formula is C20H21ClN2O5. The number of aromatic nitrogens is 1. The van der Waals surface area contributed by atoms with Crippen LogP contribution in [0, 0.1) is 0 Å². The first-order valence-corrected chi connectivity index (χ1v) is 9.63. The Bertz CT molecular complexity index is 841. The number of carbonyl (C=O) groups is 1. The first-order valence-electron chi connectivity index (χ1n) is 9.25. The van der Waals surface area contributed by atoms with Gasteiger partial charge in [-0.15, -0.1) is 0 Å². The predicted octanol–water partition coefficient (Wildman–Crippen LogP) is 2.86. The smallest absolute Gasteiger partial charge is 0.253 e. The fraction of sp³-hybridized carbons (Fsp3) is 0.400. The molecule has 1 amide bonds. The number of benzene rings is 1. The van der Waals surface area contributed by atoms with Gasteiger partial charge in [0.2, 0.25) is 5.88 Å². The zero-order valence-corrected chi connectivity index (χ0v) is 16.0. The molecule has 0 radical (unpaired) electrons. The van der Waals surface area contributed by atoms with Gasteiger partial charge in [-0.25, -0.2) is 4.98 Å². The van der Waals surface area contributed by atoms with E-state index in [1.54, 1.807) is 6.07 Å². The van der Waals surface area contributed by atoms with Crippen LogP contribution in [0.5, 0.6) is 17.4 Å². The van der Waals surface area contributed by atoms with Crippen LogP contribution in [0.2, 0.25) is 5.02 Å². The Morgan fingerprint density at radius 1 is 1.25 bits per heavy atom. The van der Waals surface area contributed by atoms with Crippen LogP contribution in [-0.2, 0) is 4.74 Å². The highest BCUT2D eigenvalue weighted by molar-refractivity contribution is 6.32. The van der Waals surface area contributed by atoms with Crippen LogP contribution >= 0.6 is 11.6 Å². The predicted molar refractivity (Wildman–Crippen MR) is 102 cm³/mol. The van der Waals surface area contributed by atoms with Crippen LogP contribution in [0.1, 0.15) is 23.2 Å². The minimum atomic E-state index is -0.283. The summed E-state index contributed by atoms with van der Waals surface area (Å²) in [7, 11) is 0. The summed E-state index contributed by atoms with van der Waals surface area (Å²) in [6, 6.07) is 9.01. The van der Waals surface area contributed by atoms with Gasteiger partial charge in [0.25, 0.3) is 5.91 Å². The van der Waals surface area contributed by atoms with Crippen LogP contribution in [0.25, 0.3) is 0 Å². The first-order chi connectivity index (χ1) is 13.7. The summed E-state index contributed by atoms with van der Waals surface area (Å²) in [5.74, 6) is 1.44. The maximum absolute atomic E-state index is 12.4. The molecule has 1 aromatic carbocycles. The summed E-state index contributed by atoms with van der Waals surface area (Å²) in [6.07, 6.45) is 2.83. The van der Waals surface area contributed by atoms with Crippen molar-refractivity contribution in [3.8, 4) is 17.4 Å². The van der Waals surface area contributed by atoms with E-state index in [9.17, 15) is 4.79 Å². The molecule has 4 rings (SSSR count). The number of para-hydroxylation sites is 2. The molecule has 1 atom stereocenters. The molecule has 3 heterocycles. The average molecular weight is 405 g/mol. The molecular weight excluding hydrogens is 384 g/mol. The summed E-state index contributed by atoms with van der Waals surface area (Å²) in [6.45, 7) is 2.01. The third-order valence-electron chi connectivity index (χ3n) is 4.57. The fourth-order valence-electron chi connectivity index (χ4n) is 3.06. The molecule has 1 saturated heterocycles. The lowest BCUT2D eigenvalue weighted by Gasteiger charge is -2.26. The number of nitrogens with zero attached hydrogens (tertiary/aromatic N) is 1. The highest BCUT2D eigenvalue weighted by atomic mass is 35.5. The Balaban J connectivity index is 1.31. The summed E-state index contributed by atoms with van der Waals surface area (Å²) in [5, 5.41) is 3.14. The maximum Gasteiger partial charge on any atom is 0.253 e. The number of carbonyl (C=O) groups excluding carboxylic acids is 1. The second kappa shape index (κ2) is 8.67. The lowest BCUT2D eigenvalue weighted by atomic mass is 10.1. The first kappa shape index (κ1) is 18.8. The number of rotatable bonds is 5. The zero-order chi connectivity index (χ0) is 19.3. The molecule has 0 aliphatic carbocycles. The molecule has 1 N–H and O–H groups in total. The monoisotopic (exact) mass is 404 g/mol. The number of hydrogen-bond acceptors (Lipinski definition) is 6. The molecule has 7 nitrogen and oxygen atoms in total. The molecule has 0 unspecified atom stereocenters. The van der Waals surface area contributed by atoms with Crippen molar-refractivity contribution in [3.05, 3.63) is 47.1 Å². The number of halogens is 1. The molecule has 1 aromatic heterocycles. The standard InChI is InChI=1S/C20H21ClN2O5/c21-16-9-13(10-23-20(16)28-14-5-7-25-8-6-14)19(24)22-11-15-12-26-17-3-1-2-4-18(17)27-15/h1-4,9-10,14-15H,5-8,11-12H2,(H,22,24)/t15-/m0/s1. The van der Waals surface area contributed by atoms with Gasteiger partial charge >= 0.3 is 0 Å². The summed E-state index contributed by atoms with van der Waals surface area (Å²) in [4.78, 5) is 16.6. The van der Waals surface area contributed by atoms with Crippen molar-refractivity contribution in [2.45, 2.75) is 25.0 Å². The molecule has 28 heavy (non-hydrogen) atoms. The van der Waals surface area contributed by atoms with Crippen molar-refractivity contribution in [2.75, 3.05) is 26.4 Å². The number of fused-ring (bicyclic) bond motifs is 1. The van der Waals surface area contributed by atoms with E-state index >= 15 is 0 Å². The van der Waals surface area contributed by atoms with Crippen molar-refractivity contribution in [1.82, 2.24) is 10.3 Å². The minimum Gasteiger partial charge on any atom is -0.486 e. The average Bonchev–Trinajstić information content (AvgIpc) is 2.74. The lowest BCUT2D eigenvalue weighted by Crippen LogP contribution is -2.40. The molecule has 8 heteroatoms. The number of amides is 1. The highest BCUT2D eigenvalue weighted by Crippen LogP contribution is 2.30. The van der Waals surface area contributed by atoms with Crippen LogP contribution < -0.4 is 19.5 Å². The largest absolute Gasteiger partial charge is 0.486 e. The van der Waals surface area contributed by atoms with E-state index in [4.69, 9.17) is 30.5 Å². The van der Waals surface area contributed by atoms with Gasteiger partial charge in [-0.2, -0.15) is 0 Å². The molecule has 0 bridgehead atoms. The van der Waals surface area contributed by atoms with Crippen LogP contribution in [-0.4, -0.2) is 49.5 Å². The van der Waals surface area contributed by atoms with Crippen LogP contribution in [0.4, 0.5) is 0 Å². The van der Waals surface area contributed by atoms with E-state index in [0.717, 1.165) is 12.8 Å². The quantitative estimate of drug-likeness (QED) is 0.825. The minimum absolute atomic E-state index is 0.0322. The van der Waals surface area contributed by atoms with E-state index in [0.29, 0.717) is 54.3 Å². The Hall–Kier alpha value is -2.51. The third kappa shape index (κ3) is 4.48. The second-order valence-corrected chi connectivity index (χ2v) is 7.06. The van der Waals surface area contributed by atoms with Crippen molar-refractivity contribution in [3.63, 3.8) is 0 Å². The van der Waals surface area contributed by atoms with E-state index in [1.165, 1.54) is 6.20 Å². The second-order valence-electron chi connectivity index (χ2n) is 6.65. The van der Waals surface area contributed by atoms with E-state index in [2.05, 4.69) is 10.3 Å². The van der Waals surface area contributed by atoms with Crippen LogP contribution in [0.3, 0.4) is 0 Å². The van der Waals surface area contributed by atoms with Crippen molar-refractivity contribution >= 4 is 17.5 Å². The molecule has 2 aliphatic heterocycles. The van der Waals surface area contributed by atoms with Gasteiger partial charge in [-0.1, -0.05) is 23.7 Å². The van der Waals surface area contributed by atoms with Gasteiger partial charge in [0, 0.05) is 19.0 Å². The van der Waals surface area contributed by atoms with Gasteiger partial charge in [0.1, 0.15) is 23.8 Å². The fourth-order valence-corrected chi connectivity index (χ4v) is 3.27. The Morgan fingerprint density at radius 3 is 2.82 bits per heavy atom. The SMILES string of the molecule is O=C(NC[C@H]1COc2ccccc2O1)c1cnc(OC2CCOCC2)c(Cl)c1. The van der Waals surface area contributed by atoms with Gasteiger partial charge in [-0.05, 0) is 18.2 Å². The van der Waals surface area contributed by atoms with Gasteiger partial charge in [0.05, 0.1) is 25.3 Å².